The average Bonchev–Trinajstić information content (AvgIpc) is 2.54. The summed E-state index contributed by atoms with van der Waals surface area (Å²) in [5.74, 6) is 0.436. The van der Waals surface area contributed by atoms with Gasteiger partial charge < -0.3 is 5.32 Å². The summed E-state index contributed by atoms with van der Waals surface area (Å²) in [7, 11) is 0. The number of nitrogens with zero attached hydrogens (tertiary/aromatic N) is 1. The van der Waals surface area contributed by atoms with Crippen LogP contribution in [0.3, 0.4) is 0 Å². The highest BCUT2D eigenvalue weighted by Crippen LogP contribution is 2.38. The van der Waals surface area contributed by atoms with Crippen LogP contribution in [-0.2, 0) is 0 Å². The molecular formula is C18H16N2. The Kier molecular flexibility index (Phi) is 2.66. The quantitative estimate of drug-likeness (QED) is 0.710. The first-order chi connectivity index (χ1) is 9.93. The number of benzene rings is 2. The third-order valence-corrected chi connectivity index (χ3v) is 4.12. The van der Waals surface area contributed by atoms with Crippen LogP contribution in [0, 0.1) is 0 Å². The summed E-state index contributed by atoms with van der Waals surface area (Å²) in [6.45, 7) is 1.02. The van der Waals surface area contributed by atoms with Gasteiger partial charge in [0, 0.05) is 29.7 Å². The first-order valence-corrected chi connectivity index (χ1v) is 7.10. The van der Waals surface area contributed by atoms with Gasteiger partial charge in [0.2, 0.25) is 0 Å². The summed E-state index contributed by atoms with van der Waals surface area (Å²) in [4.78, 5) is 4.61. The highest BCUT2D eigenvalue weighted by molar-refractivity contribution is 5.83. The molecule has 1 unspecified atom stereocenters. The van der Waals surface area contributed by atoms with E-state index in [2.05, 4.69) is 58.8 Å². The highest BCUT2D eigenvalue weighted by atomic mass is 14.9. The summed E-state index contributed by atoms with van der Waals surface area (Å²) < 4.78 is 0. The second kappa shape index (κ2) is 4.64. The van der Waals surface area contributed by atoms with Gasteiger partial charge in [-0.05, 0) is 29.7 Å². The van der Waals surface area contributed by atoms with Gasteiger partial charge in [0.25, 0.3) is 0 Å². The number of hydrogen-bond donors (Lipinski definition) is 1. The van der Waals surface area contributed by atoms with Crippen LogP contribution in [0.25, 0.3) is 10.9 Å². The number of aromatic nitrogens is 1. The van der Waals surface area contributed by atoms with Crippen molar-refractivity contribution in [2.45, 2.75) is 12.3 Å². The highest BCUT2D eigenvalue weighted by Gasteiger charge is 2.22. The Hall–Kier alpha value is -2.35. The summed E-state index contributed by atoms with van der Waals surface area (Å²) in [6.07, 6.45) is 3.01. The van der Waals surface area contributed by atoms with E-state index in [-0.39, 0.29) is 0 Å². The van der Waals surface area contributed by atoms with Gasteiger partial charge >= 0.3 is 0 Å². The van der Waals surface area contributed by atoms with Gasteiger partial charge in [0.1, 0.15) is 0 Å². The lowest BCUT2D eigenvalue weighted by molar-refractivity contribution is 0.723. The molecule has 0 radical (unpaired) electrons. The Morgan fingerprint density at radius 2 is 1.75 bits per heavy atom. The van der Waals surface area contributed by atoms with Crippen molar-refractivity contribution in [3.63, 3.8) is 0 Å². The molecule has 3 aromatic rings. The van der Waals surface area contributed by atoms with Crippen LogP contribution in [0.1, 0.15) is 23.5 Å². The second-order valence-corrected chi connectivity index (χ2v) is 5.28. The Balaban J connectivity index is 1.93. The third-order valence-electron chi connectivity index (χ3n) is 4.12. The van der Waals surface area contributed by atoms with Gasteiger partial charge in [-0.2, -0.15) is 0 Å². The number of anilines is 1. The van der Waals surface area contributed by atoms with Crippen LogP contribution in [0.2, 0.25) is 0 Å². The molecule has 98 valence electrons. The van der Waals surface area contributed by atoms with Crippen molar-refractivity contribution >= 4 is 16.6 Å². The molecule has 20 heavy (non-hydrogen) atoms. The maximum absolute atomic E-state index is 4.61. The molecule has 0 saturated carbocycles. The zero-order valence-electron chi connectivity index (χ0n) is 11.2. The minimum absolute atomic E-state index is 0.436. The fourth-order valence-corrected chi connectivity index (χ4v) is 3.20. The topological polar surface area (TPSA) is 24.9 Å². The Bertz CT molecular complexity index is 759. The van der Waals surface area contributed by atoms with E-state index in [0.717, 1.165) is 18.5 Å². The number of para-hydroxylation sites is 2. The number of rotatable bonds is 1. The van der Waals surface area contributed by atoms with Crippen LogP contribution in [0.4, 0.5) is 5.69 Å². The summed E-state index contributed by atoms with van der Waals surface area (Å²) in [5.41, 5.74) is 5.13. The first-order valence-electron chi connectivity index (χ1n) is 7.10. The number of nitrogens with one attached hydrogen (secondary N) is 1. The molecule has 2 heteroatoms. The van der Waals surface area contributed by atoms with Gasteiger partial charge in [0.05, 0.1) is 5.52 Å². The van der Waals surface area contributed by atoms with E-state index in [1.807, 2.05) is 12.3 Å². The molecule has 1 aliphatic heterocycles. The predicted octanol–water partition coefficient (Wildman–Crippen LogP) is 4.18. The van der Waals surface area contributed by atoms with Crippen molar-refractivity contribution in [2.24, 2.45) is 0 Å². The molecule has 0 aliphatic carbocycles. The van der Waals surface area contributed by atoms with Crippen molar-refractivity contribution in [3.8, 4) is 0 Å². The van der Waals surface area contributed by atoms with E-state index >= 15 is 0 Å². The summed E-state index contributed by atoms with van der Waals surface area (Å²) in [6, 6.07) is 19.3. The molecule has 0 spiro atoms. The van der Waals surface area contributed by atoms with E-state index < -0.39 is 0 Å². The largest absolute Gasteiger partial charge is 0.385 e. The van der Waals surface area contributed by atoms with E-state index in [1.54, 1.807) is 0 Å². The Labute approximate surface area is 118 Å². The van der Waals surface area contributed by atoms with Crippen molar-refractivity contribution < 1.29 is 0 Å². The third kappa shape index (κ3) is 1.76. The molecule has 1 aromatic heterocycles. The Morgan fingerprint density at radius 1 is 0.900 bits per heavy atom. The van der Waals surface area contributed by atoms with Gasteiger partial charge in [-0.15, -0.1) is 0 Å². The smallest absolute Gasteiger partial charge is 0.0740 e. The lowest BCUT2D eigenvalue weighted by Gasteiger charge is -2.27. The molecule has 2 nitrogen and oxygen atoms in total. The van der Waals surface area contributed by atoms with E-state index in [0.29, 0.717) is 5.92 Å². The van der Waals surface area contributed by atoms with Crippen LogP contribution >= 0.6 is 0 Å². The lowest BCUT2D eigenvalue weighted by atomic mass is 9.84. The molecule has 2 aromatic carbocycles. The molecule has 0 amide bonds. The molecule has 2 heterocycles. The lowest BCUT2D eigenvalue weighted by Crippen LogP contribution is -2.17. The van der Waals surface area contributed by atoms with Crippen LogP contribution in [-0.4, -0.2) is 11.5 Å². The summed E-state index contributed by atoms with van der Waals surface area (Å²) in [5, 5.41) is 4.71. The fraction of sp³-hybridized carbons (Fsp3) is 0.167. The molecule has 1 aliphatic rings. The molecule has 1 N–H and O–H groups in total. The van der Waals surface area contributed by atoms with E-state index in [1.165, 1.54) is 22.2 Å². The average molecular weight is 260 g/mol. The van der Waals surface area contributed by atoms with Crippen molar-refractivity contribution in [1.29, 1.82) is 0 Å². The zero-order valence-corrected chi connectivity index (χ0v) is 11.2. The number of hydrogen-bond acceptors (Lipinski definition) is 2. The van der Waals surface area contributed by atoms with Crippen LogP contribution in [0.5, 0.6) is 0 Å². The maximum atomic E-state index is 4.61. The minimum Gasteiger partial charge on any atom is -0.385 e. The fourth-order valence-electron chi connectivity index (χ4n) is 3.20. The van der Waals surface area contributed by atoms with Gasteiger partial charge in [-0.3, -0.25) is 4.98 Å². The molecule has 0 fully saturated rings. The van der Waals surface area contributed by atoms with Crippen molar-refractivity contribution in [1.82, 2.24) is 4.98 Å². The predicted molar refractivity (Wildman–Crippen MR) is 83.1 cm³/mol. The Morgan fingerprint density at radius 3 is 2.75 bits per heavy atom. The molecule has 4 rings (SSSR count). The van der Waals surface area contributed by atoms with Crippen LogP contribution in [0.15, 0.2) is 60.8 Å². The van der Waals surface area contributed by atoms with Crippen molar-refractivity contribution in [2.75, 3.05) is 11.9 Å². The second-order valence-electron chi connectivity index (χ2n) is 5.28. The standard InChI is InChI=1S/C18H16N2/c1-2-9-17-15(7-1)14(10-12-19-17)16-8-3-5-13-6-4-11-20-18(13)16/h1-9,11,14,19H,10,12H2. The zero-order chi connectivity index (χ0) is 13.4. The molecule has 0 bridgehead atoms. The molecular weight excluding hydrogens is 244 g/mol. The van der Waals surface area contributed by atoms with Crippen LogP contribution < -0.4 is 5.32 Å². The van der Waals surface area contributed by atoms with Crippen molar-refractivity contribution in [3.05, 3.63) is 71.9 Å². The summed E-state index contributed by atoms with van der Waals surface area (Å²) >= 11 is 0. The normalized spacial score (nSPS) is 17.5. The monoisotopic (exact) mass is 260 g/mol. The van der Waals surface area contributed by atoms with Gasteiger partial charge in [0.15, 0.2) is 0 Å². The maximum Gasteiger partial charge on any atom is 0.0740 e. The molecule has 1 atom stereocenters. The minimum atomic E-state index is 0.436. The first kappa shape index (κ1) is 11.5. The number of pyridine rings is 1. The number of fused-ring (bicyclic) bond motifs is 2. The molecule has 0 saturated heterocycles. The van der Waals surface area contributed by atoms with E-state index in [9.17, 15) is 0 Å². The van der Waals surface area contributed by atoms with Gasteiger partial charge in [-0.25, -0.2) is 0 Å². The van der Waals surface area contributed by atoms with E-state index in [4.69, 9.17) is 0 Å². The van der Waals surface area contributed by atoms with Gasteiger partial charge in [-0.1, -0.05) is 42.5 Å². The SMILES string of the molecule is c1ccc2c(c1)NCCC2c1cccc2cccnc12.